The third-order valence-corrected chi connectivity index (χ3v) is 10.6. The second-order valence-corrected chi connectivity index (χ2v) is 12.3. The summed E-state index contributed by atoms with van der Waals surface area (Å²) in [7, 11) is 2.13. The molecule has 2 aliphatic heterocycles. The topological polar surface area (TPSA) is 59.0 Å². The van der Waals surface area contributed by atoms with E-state index in [1.165, 1.54) is 16.7 Å². The highest BCUT2D eigenvalue weighted by Crippen LogP contribution is 2.68. The first-order chi connectivity index (χ1) is 18.5. The van der Waals surface area contributed by atoms with Gasteiger partial charge in [-0.25, -0.2) is 0 Å². The average molecular weight is 508 g/mol. The number of Topliss-reactive ketones (excluding diaryl/α,β-unsaturated/α-hetero) is 1. The fraction of sp³-hybridized carbons (Fsp3) is 0.424. The largest absolute Gasteiger partial charge is 0.485 e. The third-order valence-electron chi connectivity index (χ3n) is 10.6. The fourth-order valence-corrected chi connectivity index (χ4v) is 8.79. The zero-order valence-corrected chi connectivity index (χ0v) is 21.8. The number of nitrogens with zero attached hydrogens (tertiary/aromatic N) is 1. The molecular weight excluding hydrogens is 474 g/mol. The number of likely N-dealkylation sites (N-methyl/N-ethyl adjacent to an activating group) is 1. The monoisotopic (exact) mass is 507 g/mol. The van der Waals surface area contributed by atoms with Crippen molar-refractivity contribution in [3.63, 3.8) is 0 Å². The first-order valence-electron chi connectivity index (χ1n) is 14.0. The predicted molar refractivity (Wildman–Crippen MR) is 144 cm³/mol. The summed E-state index contributed by atoms with van der Waals surface area (Å²) < 4.78 is 13.1. The van der Waals surface area contributed by atoms with Gasteiger partial charge in [-0.05, 0) is 80.4 Å². The summed E-state index contributed by atoms with van der Waals surface area (Å²) >= 11 is 0. The first-order valence-corrected chi connectivity index (χ1v) is 14.0. The van der Waals surface area contributed by atoms with Gasteiger partial charge in [-0.15, -0.1) is 0 Å². The minimum Gasteiger partial charge on any atom is -0.485 e. The van der Waals surface area contributed by atoms with Crippen molar-refractivity contribution in [3.8, 4) is 11.5 Å². The Kier molecular flexibility index (Phi) is 4.62. The standard InChI is InChI=1S/C33H33NO4/c1-34-16-15-32-27-23-11-12-25(37-19-21-7-3-2-4-8-21)28(27)38-30(32)29(35)31(20-33(32,36)26(34)17-23)14-13-22-9-5-6-10-24(22)18-31/h2-12,26,30,36H,13-20H2,1H3/t26-,30-,31+,32-,33+/m0/s1. The van der Waals surface area contributed by atoms with Crippen molar-refractivity contribution < 1.29 is 19.4 Å². The molecule has 3 aliphatic carbocycles. The van der Waals surface area contributed by atoms with Crippen LogP contribution in [0.5, 0.6) is 11.5 Å². The van der Waals surface area contributed by atoms with E-state index in [1.807, 2.05) is 36.4 Å². The van der Waals surface area contributed by atoms with Crippen LogP contribution in [0, 0.1) is 5.41 Å². The van der Waals surface area contributed by atoms with Gasteiger partial charge in [0.25, 0.3) is 0 Å². The molecular formula is C33H33NO4. The number of fused-ring (bicyclic) bond motifs is 1. The maximum absolute atomic E-state index is 14.7. The number of piperidine rings is 1. The number of aryl methyl sites for hydroxylation is 1. The third kappa shape index (κ3) is 2.76. The number of aliphatic hydroxyl groups is 1. The Bertz CT molecular complexity index is 1470. The summed E-state index contributed by atoms with van der Waals surface area (Å²) in [6.45, 7) is 1.27. The van der Waals surface area contributed by atoms with E-state index in [9.17, 15) is 9.90 Å². The zero-order valence-electron chi connectivity index (χ0n) is 21.8. The van der Waals surface area contributed by atoms with Gasteiger partial charge in [0, 0.05) is 17.0 Å². The van der Waals surface area contributed by atoms with Crippen molar-refractivity contribution in [1.29, 1.82) is 0 Å². The van der Waals surface area contributed by atoms with Crippen LogP contribution in [0.4, 0.5) is 0 Å². The number of carbonyl (C=O) groups is 1. The molecule has 1 saturated heterocycles. The van der Waals surface area contributed by atoms with E-state index in [1.54, 1.807) is 0 Å². The van der Waals surface area contributed by atoms with Crippen LogP contribution >= 0.6 is 0 Å². The molecule has 2 spiro atoms. The van der Waals surface area contributed by atoms with Gasteiger partial charge in [0.05, 0.1) is 11.0 Å². The van der Waals surface area contributed by atoms with E-state index < -0.39 is 22.5 Å². The number of ether oxygens (including phenoxy) is 2. The van der Waals surface area contributed by atoms with Gasteiger partial charge in [0.2, 0.25) is 0 Å². The summed E-state index contributed by atoms with van der Waals surface area (Å²) in [4.78, 5) is 17.0. The Balaban J connectivity index is 1.26. The van der Waals surface area contributed by atoms with Gasteiger partial charge in [0.1, 0.15) is 6.61 Å². The smallest absolute Gasteiger partial charge is 0.180 e. The highest BCUT2D eigenvalue weighted by atomic mass is 16.5. The molecule has 3 aromatic carbocycles. The Labute approximate surface area is 223 Å². The molecule has 0 aromatic heterocycles. The Hall–Kier alpha value is -3.15. The quantitative estimate of drug-likeness (QED) is 0.570. The van der Waals surface area contributed by atoms with Gasteiger partial charge in [-0.2, -0.15) is 0 Å². The summed E-state index contributed by atoms with van der Waals surface area (Å²) in [6, 6.07) is 22.7. The predicted octanol–water partition coefficient (Wildman–Crippen LogP) is 4.40. The number of benzene rings is 3. The molecule has 2 fully saturated rings. The molecule has 5 nitrogen and oxygen atoms in total. The molecule has 194 valence electrons. The lowest BCUT2D eigenvalue weighted by molar-refractivity contribution is -0.208. The van der Waals surface area contributed by atoms with Crippen LogP contribution in [0.15, 0.2) is 66.7 Å². The number of likely N-dealkylation sites (tertiary alicyclic amines) is 1. The summed E-state index contributed by atoms with van der Waals surface area (Å²) in [5.74, 6) is 1.54. The van der Waals surface area contributed by atoms with Gasteiger partial charge in [-0.1, -0.05) is 60.7 Å². The minimum atomic E-state index is -1.04. The molecule has 0 unspecified atom stereocenters. The van der Waals surface area contributed by atoms with Crippen molar-refractivity contribution in [3.05, 3.63) is 94.5 Å². The summed E-state index contributed by atoms with van der Waals surface area (Å²) in [6.07, 6.45) is 3.58. The minimum absolute atomic E-state index is 0.0426. The van der Waals surface area contributed by atoms with Gasteiger partial charge >= 0.3 is 0 Å². The molecule has 5 heteroatoms. The summed E-state index contributed by atoms with van der Waals surface area (Å²) in [5.41, 5.74) is 3.50. The molecule has 1 saturated carbocycles. The molecule has 0 radical (unpaired) electrons. The van der Waals surface area contributed by atoms with Gasteiger partial charge in [-0.3, -0.25) is 4.79 Å². The second-order valence-electron chi connectivity index (χ2n) is 12.3. The van der Waals surface area contributed by atoms with Crippen LogP contribution in [0.1, 0.15) is 47.1 Å². The highest BCUT2D eigenvalue weighted by molar-refractivity contribution is 5.95. The number of ketones is 1. The van der Waals surface area contributed by atoms with Gasteiger partial charge < -0.3 is 19.5 Å². The molecule has 2 bridgehead atoms. The number of hydrogen-bond acceptors (Lipinski definition) is 5. The fourth-order valence-electron chi connectivity index (χ4n) is 8.79. The zero-order chi connectivity index (χ0) is 25.7. The number of hydrogen-bond donors (Lipinski definition) is 1. The molecule has 5 atom stereocenters. The van der Waals surface area contributed by atoms with Crippen LogP contribution < -0.4 is 9.47 Å². The lowest BCUT2D eigenvalue weighted by Crippen LogP contribution is -2.79. The van der Waals surface area contributed by atoms with Crippen LogP contribution in [-0.2, 0) is 36.1 Å². The van der Waals surface area contributed by atoms with E-state index in [0.29, 0.717) is 37.4 Å². The SMILES string of the molecule is CN1CC[C@]23c4c5ccc(OCc6ccccc6)c4O[C@H]2C(=O)[C@@]2(CCc4ccccc4C2)C[C@@]3(O)[C@@H]1C5. The first kappa shape index (κ1) is 22.8. The van der Waals surface area contributed by atoms with Crippen LogP contribution in [0.25, 0.3) is 0 Å². The Morgan fingerprint density at radius 1 is 1.00 bits per heavy atom. The lowest BCUT2D eigenvalue weighted by atomic mass is 9.43. The van der Waals surface area contributed by atoms with Crippen LogP contribution in [0.2, 0.25) is 0 Å². The molecule has 5 aliphatic rings. The second kappa shape index (κ2) is 7.71. The number of rotatable bonds is 3. The molecule has 38 heavy (non-hydrogen) atoms. The highest BCUT2D eigenvalue weighted by Gasteiger charge is 2.77. The Morgan fingerprint density at radius 3 is 2.63 bits per heavy atom. The van der Waals surface area contributed by atoms with E-state index in [4.69, 9.17) is 9.47 Å². The van der Waals surface area contributed by atoms with Crippen molar-refractivity contribution in [1.82, 2.24) is 4.90 Å². The molecule has 3 aromatic rings. The maximum atomic E-state index is 14.7. The van der Waals surface area contributed by atoms with E-state index in [2.05, 4.69) is 42.3 Å². The molecule has 0 amide bonds. The van der Waals surface area contributed by atoms with E-state index >= 15 is 0 Å². The maximum Gasteiger partial charge on any atom is 0.180 e. The Morgan fingerprint density at radius 2 is 1.79 bits per heavy atom. The lowest BCUT2D eigenvalue weighted by Gasteiger charge is -2.65. The average Bonchev–Trinajstić information content (AvgIpc) is 3.29. The molecule has 2 heterocycles. The normalized spacial score (nSPS) is 34.4. The van der Waals surface area contributed by atoms with E-state index in [-0.39, 0.29) is 11.8 Å². The number of carbonyl (C=O) groups excluding carboxylic acids is 1. The van der Waals surface area contributed by atoms with Crippen LogP contribution in [-0.4, -0.2) is 47.1 Å². The van der Waals surface area contributed by atoms with Gasteiger partial charge in [0.15, 0.2) is 23.4 Å². The molecule has 1 N–H and O–H groups in total. The summed E-state index contributed by atoms with van der Waals surface area (Å²) in [5, 5.41) is 12.9. The van der Waals surface area contributed by atoms with Crippen molar-refractivity contribution in [2.45, 2.75) is 68.3 Å². The van der Waals surface area contributed by atoms with Crippen molar-refractivity contribution >= 4 is 5.78 Å². The van der Waals surface area contributed by atoms with Crippen molar-refractivity contribution in [2.75, 3.05) is 13.6 Å². The van der Waals surface area contributed by atoms with Crippen LogP contribution in [0.3, 0.4) is 0 Å². The van der Waals surface area contributed by atoms with E-state index in [0.717, 1.165) is 36.9 Å². The van der Waals surface area contributed by atoms with Crippen molar-refractivity contribution in [2.24, 2.45) is 5.41 Å². The molecule has 8 rings (SSSR count).